The molecule has 0 aliphatic heterocycles. The maximum Gasteiger partial charge on any atom is 0.236 e. The van der Waals surface area contributed by atoms with Gasteiger partial charge in [-0.15, -0.1) is 10.2 Å². The summed E-state index contributed by atoms with van der Waals surface area (Å²) in [5.74, 6) is 1.50. The molecule has 0 saturated carbocycles. The van der Waals surface area contributed by atoms with Crippen LogP contribution in [0.3, 0.4) is 0 Å². The number of carbonyl (C=O) groups excluding carboxylic acids is 1. The number of carbonyl (C=O) groups is 1. The summed E-state index contributed by atoms with van der Waals surface area (Å²) in [4.78, 5) is 15.0. The van der Waals surface area contributed by atoms with Crippen molar-refractivity contribution in [2.24, 2.45) is 7.05 Å². The number of anilines is 2. The van der Waals surface area contributed by atoms with Gasteiger partial charge in [0, 0.05) is 37.5 Å². The van der Waals surface area contributed by atoms with E-state index in [1.807, 2.05) is 55.8 Å². The summed E-state index contributed by atoms with van der Waals surface area (Å²) in [5, 5.41) is 16.9. The average Bonchev–Trinajstić information content (AvgIpc) is 3.41. The van der Waals surface area contributed by atoms with Gasteiger partial charge in [0.1, 0.15) is 5.82 Å². The van der Waals surface area contributed by atoms with Crippen molar-refractivity contribution in [3.63, 3.8) is 0 Å². The van der Waals surface area contributed by atoms with Crippen LogP contribution in [0, 0.1) is 13.8 Å². The van der Waals surface area contributed by atoms with E-state index in [9.17, 15) is 4.79 Å². The molecule has 0 spiro atoms. The molecule has 0 bridgehead atoms. The highest BCUT2D eigenvalue weighted by Gasteiger charge is 2.15. The van der Waals surface area contributed by atoms with E-state index in [4.69, 9.17) is 0 Å². The monoisotopic (exact) mass is 489 g/mol. The molecule has 2 heterocycles. The number of aryl methyl sites for hydroxylation is 2. The second-order valence-corrected chi connectivity index (χ2v) is 9.28. The number of rotatable bonds is 9. The van der Waals surface area contributed by atoms with Crippen molar-refractivity contribution in [1.82, 2.24) is 24.5 Å². The molecule has 4 rings (SSSR count). The lowest BCUT2D eigenvalue weighted by Gasteiger charge is -2.21. The van der Waals surface area contributed by atoms with Crippen molar-refractivity contribution >= 4 is 29.2 Å². The van der Waals surface area contributed by atoms with Crippen molar-refractivity contribution in [1.29, 1.82) is 0 Å². The Bertz CT molecular complexity index is 1290. The summed E-state index contributed by atoms with van der Waals surface area (Å²) >= 11 is 1.36. The predicted octanol–water partition coefficient (Wildman–Crippen LogP) is 4.86. The Morgan fingerprint density at radius 1 is 1.00 bits per heavy atom. The maximum absolute atomic E-state index is 12.7. The van der Waals surface area contributed by atoms with Crippen LogP contribution < -0.4 is 10.2 Å². The summed E-state index contributed by atoms with van der Waals surface area (Å²) in [7, 11) is 1.92. The van der Waals surface area contributed by atoms with Gasteiger partial charge in [-0.05, 0) is 64.1 Å². The van der Waals surface area contributed by atoms with Crippen molar-refractivity contribution in [3.05, 3.63) is 65.9 Å². The quantitative estimate of drug-likeness (QED) is 0.338. The number of hydrogen-bond acceptors (Lipinski definition) is 6. The lowest BCUT2D eigenvalue weighted by molar-refractivity contribution is -0.113. The first-order valence-corrected chi connectivity index (χ1v) is 12.7. The fraction of sp³-hybridized carbons (Fsp3) is 0.308. The molecule has 0 aliphatic rings. The Hall–Kier alpha value is -3.59. The molecule has 1 amide bonds. The van der Waals surface area contributed by atoms with Crippen LogP contribution in [-0.4, -0.2) is 49.3 Å². The van der Waals surface area contributed by atoms with Crippen molar-refractivity contribution in [3.8, 4) is 17.1 Å². The second kappa shape index (κ2) is 10.8. The highest BCUT2D eigenvalue weighted by atomic mass is 32.2. The van der Waals surface area contributed by atoms with Crippen LogP contribution >= 0.6 is 11.8 Å². The zero-order valence-electron chi connectivity index (χ0n) is 20.8. The largest absolute Gasteiger partial charge is 0.372 e. The normalized spacial score (nSPS) is 11.0. The lowest BCUT2D eigenvalue weighted by Crippen LogP contribution is -2.21. The van der Waals surface area contributed by atoms with Gasteiger partial charge in [-0.1, -0.05) is 29.5 Å². The number of amides is 1. The molecule has 2 aromatic carbocycles. The fourth-order valence-electron chi connectivity index (χ4n) is 3.88. The standard InChI is InChI=1S/C26H31N7OS/c1-6-32(7-2)21-14-10-20(11-15-21)25-28-29-26(31(25)5)35-17-24(34)27-23-16-19(4)30-33(23)22-12-8-18(3)9-13-22/h8-16H,6-7,17H2,1-5H3,(H,27,34). The van der Waals surface area contributed by atoms with Crippen molar-refractivity contribution in [2.75, 3.05) is 29.1 Å². The number of hydrogen-bond donors (Lipinski definition) is 1. The molecule has 2 aromatic heterocycles. The van der Waals surface area contributed by atoms with E-state index in [0.717, 1.165) is 35.9 Å². The summed E-state index contributed by atoms with van der Waals surface area (Å²) in [5.41, 5.74) is 5.08. The van der Waals surface area contributed by atoms with E-state index < -0.39 is 0 Å². The molecule has 0 atom stereocenters. The third-order valence-corrected chi connectivity index (χ3v) is 6.82. The van der Waals surface area contributed by atoms with Crippen LogP contribution in [0.15, 0.2) is 59.8 Å². The van der Waals surface area contributed by atoms with Crippen LogP contribution in [0.5, 0.6) is 0 Å². The summed E-state index contributed by atoms with van der Waals surface area (Å²) in [6.45, 7) is 10.2. The number of nitrogens with zero attached hydrogens (tertiary/aromatic N) is 6. The van der Waals surface area contributed by atoms with Crippen LogP contribution in [-0.2, 0) is 11.8 Å². The molecule has 0 saturated heterocycles. The summed E-state index contributed by atoms with van der Waals surface area (Å²) < 4.78 is 3.67. The van der Waals surface area contributed by atoms with E-state index in [-0.39, 0.29) is 11.7 Å². The van der Waals surface area contributed by atoms with Gasteiger partial charge in [0.15, 0.2) is 11.0 Å². The molecule has 182 valence electrons. The molecule has 4 aromatic rings. The number of thioether (sulfide) groups is 1. The molecular formula is C26H31N7OS. The summed E-state index contributed by atoms with van der Waals surface area (Å²) in [6.07, 6.45) is 0. The van der Waals surface area contributed by atoms with Gasteiger partial charge in [-0.3, -0.25) is 4.79 Å². The Balaban J connectivity index is 1.41. The SMILES string of the molecule is CCN(CC)c1ccc(-c2nnc(SCC(=O)Nc3cc(C)nn3-c3ccc(C)cc3)n2C)cc1. The van der Waals surface area contributed by atoms with Crippen LogP contribution in [0.1, 0.15) is 25.1 Å². The van der Waals surface area contributed by atoms with E-state index in [1.54, 1.807) is 4.68 Å². The minimum Gasteiger partial charge on any atom is -0.372 e. The Kier molecular flexibility index (Phi) is 7.55. The highest BCUT2D eigenvalue weighted by molar-refractivity contribution is 7.99. The maximum atomic E-state index is 12.7. The van der Waals surface area contributed by atoms with Gasteiger partial charge >= 0.3 is 0 Å². The molecule has 0 fully saturated rings. The van der Waals surface area contributed by atoms with Crippen LogP contribution in [0.25, 0.3) is 17.1 Å². The second-order valence-electron chi connectivity index (χ2n) is 8.34. The topological polar surface area (TPSA) is 80.9 Å². The molecule has 8 nitrogen and oxygen atoms in total. The molecule has 35 heavy (non-hydrogen) atoms. The Morgan fingerprint density at radius 3 is 2.34 bits per heavy atom. The van der Waals surface area contributed by atoms with Gasteiger partial charge in [0.05, 0.1) is 17.1 Å². The van der Waals surface area contributed by atoms with Gasteiger partial charge in [0.2, 0.25) is 5.91 Å². The van der Waals surface area contributed by atoms with Gasteiger partial charge < -0.3 is 14.8 Å². The van der Waals surface area contributed by atoms with Gasteiger partial charge in [-0.2, -0.15) is 5.10 Å². The van der Waals surface area contributed by atoms with Crippen LogP contribution in [0.4, 0.5) is 11.5 Å². The Labute approximate surface area is 210 Å². The van der Waals surface area contributed by atoms with Gasteiger partial charge in [-0.25, -0.2) is 4.68 Å². The van der Waals surface area contributed by atoms with E-state index in [2.05, 4.69) is 63.6 Å². The molecule has 0 radical (unpaired) electrons. The molecule has 0 unspecified atom stereocenters. The first-order chi connectivity index (χ1) is 16.9. The zero-order chi connectivity index (χ0) is 24.9. The van der Waals surface area contributed by atoms with Gasteiger partial charge in [0.25, 0.3) is 0 Å². The zero-order valence-corrected chi connectivity index (χ0v) is 21.6. The first-order valence-electron chi connectivity index (χ1n) is 11.7. The van der Waals surface area contributed by atoms with Crippen molar-refractivity contribution < 1.29 is 4.79 Å². The summed E-state index contributed by atoms with van der Waals surface area (Å²) in [6, 6.07) is 18.2. The van der Waals surface area contributed by atoms with E-state index in [1.165, 1.54) is 23.0 Å². The molecule has 1 N–H and O–H groups in total. The number of aromatic nitrogens is 5. The first kappa shape index (κ1) is 24.5. The van der Waals surface area contributed by atoms with Crippen LogP contribution in [0.2, 0.25) is 0 Å². The number of nitrogens with one attached hydrogen (secondary N) is 1. The minimum absolute atomic E-state index is 0.128. The number of benzene rings is 2. The Morgan fingerprint density at radius 2 is 1.69 bits per heavy atom. The lowest BCUT2D eigenvalue weighted by atomic mass is 10.2. The fourth-order valence-corrected chi connectivity index (χ4v) is 4.59. The third-order valence-electron chi connectivity index (χ3n) is 5.80. The molecule has 9 heteroatoms. The van der Waals surface area contributed by atoms with E-state index in [0.29, 0.717) is 11.0 Å². The average molecular weight is 490 g/mol. The highest BCUT2D eigenvalue weighted by Crippen LogP contribution is 2.25. The van der Waals surface area contributed by atoms with Crippen molar-refractivity contribution in [2.45, 2.75) is 32.9 Å². The minimum atomic E-state index is -0.128. The predicted molar refractivity (Wildman–Crippen MR) is 142 cm³/mol. The molecule has 0 aliphatic carbocycles. The van der Waals surface area contributed by atoms with E-state index >= 15 is 0 Å². The smallest absolute Gasteiger partial charge is 0.236 e. The molecular weight excluding hydrogens is 458 g/mol. The third kappa shape index (κ3) is 5.57.